The lowest BCUT2D eigenvalue weighted by Crippen LogP contribution is -2.07. The van der Waals surface area contributed by atoms with Crippen molar-refractivity contribution < 1.29 is 0 Å². The van der Waals surface area contributed by atoms with Crippen LogP contribution in [0, 0.1) is 5.41 Å². The molecule has 0 saturated heterocycles. The molecule has 1 N–H and O–H groups in total. The van der Waals surface area contributed by atoms with E-state index in [0.29, 0.717) is 0 Å². The molecule has 70 valence electrons. The van der Waals surface area contributed by atoms with E-state index in [9.17, 15) is 0 Å². The highest BCUT2D eigenvalue weighted by Crippen LogP contribution is 2.09. The van der Waals surface area contributed by atoms with Crippen molar-refractivity contribution in [3.63, 3.8) is 0 Å². The monoisotopic (exact) mass is 177 g/mol. The number of nitrogens with zero attached hydrogens (tertiary/aromatic N) is 2. The van der Waals surface area contributed by atoms with Gasteiger partial charge in [0.2, 0.25) is 0 Å². The fourth-order valence-corrected chi connectivity index (χ4v) is 0.729. The number of rotatable bonds is 2. The van der Waals surface area contributed by atoms with Crippen LogP contribution in [-0.2, 0) is 0 Å². The second-order valence-electron chi connectivity index (χ2n) is 3.98. The first kappa shape index (κ1) is 9.71. The Morgan fingerprint density at radius 2 is 2.23 bits per heavy atom. The number of hydrazone groups is 1. The smallest absolute Gasteiger partial charge is 0.0744 e. The van der Waals surface area contributed by atoms with Crippen LogP contribution in [0.2, 0.25) is 0 Å². The average molecular weight is 177 g/mol. The molecule has 0 aliphatic heterocycles. The molecule has 0 spiro atoms. The summed E-state index contributed by atoms with van der Waals surface area (Å²) in [5.74, 6) is 0. The Morgan fingerprint density at radius 1 is 1.46 bits per heavy atom. The summed E-state index contributed by atoms with van der Waals surface area (Å²) in [4.78, 5) is 3.96. The molecule has 0 saturated carbocycles. The van der Waals surface area contributed by atoms with Gasteiger partial charge in [0.25, 0.3) is 0 Å². The van der Waals surface area contributed by atoms with Gasteiger partial charge < -0.3 is 0 Å². The second-order valence-corrected chi connectivity index (χ2v) is 3.98. The Labute approximate surface area is 78.9 Å². The van der Waals surface area contributed by atoms with Crippen molar-refractivity contribution in [2.45, 2.75) is 20.8 Å². The van der Waals surface area contributed by atoms with Gasteiger partial charge in [0, 0.05) is 12.4 Å². The number of anilines is 1. The van der Waals surface area contributed by atoms with Crippen LogP contribution < -0.4 is 5.43 Å². The zero-order valence-electron chi connectivity index (χ0n) is 8.28. The zero-order chi connectivity index (χ0) is 9.73. The molecule has 0 bridgehead atoms. The van der Waals surface area contributed by atoms with Crippen molar-refractivity contribution in [3.8, 4) is 0 Å². The lowest BCUT2D eigenvalue weighted by atomic mass is 9.99. The molecule has 0 fully saturated rings. The fourth-order valence-electron chi connectivity index (χ4n) is 0.729. The number of pyridine rings is 1. The number of aromatic nitrogens is 1. The highest BCUT2D eigenvalue weighted by atomic mass is 15.3. The van der Waals surface area contributed by atoms with Gasteiger partial charge in [0.1, 0.15) is 0 Å². The van der Waals surface area contributed by atoms with Crippen molar-refractivity contribution in [1.82, 2.24) is 4.98 Å². The maximum Gasteiger partial charge on any atom is 0.0744 e. The summed E-state index contributed by atoms with van der Waals surface area (Å²) in [5, 5.41) is 4.10. The predicted octanol–water partition coefficient (Wildman–Crippen LogP) is 2.53. The van der Waals surface area contributed by atoms with Crippen molar-refractivity contribution in [2.75, 3.05) is 5.43 Å². The number of hydrogen-bond donors (Lipinski definition) is 1. The predicted molar refractivity (Wildman–Crippen MR) is 55.8 cm³/mol. The van der Waals surface area contributed by atoms with Gasteiger partial charge in [-0.05, 0) is 17.5 Å². The van der Waals surface area contributed by atoms with E-state index in [0.717, 1.165) is 5.69 Å². The largest absolute Gasteiger partial charge is 0.277 e. The topological polar surface area (TPSA) is 37.3 Å². The summed E-state index contributed by atoms with van der Waals surface area (Å²) < 4.78 is 0. The van der Waals surface area contributed by atoms with Crippen molar-refractivity contribution in [3.05, 3.63) is 24.5 Å². The fraction of sp³-hybridized carbons (Fsp3) is 0.400. The van der Waals surface area contributed by atoms with Gasteiger partial charge in [-0.3, -0.25) is 10.4 Å². The molecular formula is C10H15N3. The molecule has 3 nitrogen and oxygen atoms in total. The lowest BCUT2D eigenvalue weighted by Gasteiger charge is -2.09. The molecule has 0 amide bonds. The molecule has 1 heterocycles. The van der Waals surface area contributed by atoms with Gasteiger partial charge >= 0.3 is 0 Å². The molecule has 0 atom stereocenters. The summed E-state index contributed by atoms with van der Waals surface area (Å²) in [6.45, 7) is 6.30. The van der Waals surface area contributed by atoms with Gasteiger partial charge in [-0.25, -0.2) is 0 Å². The Bertz CT molecular complexity index is 272. The summed E-state index contributed by atoms with van der Waals surface area (Å²) >= 11 is 0. The summed E-state index contributed by atoms with van der Waals surface area (Å²) in [5.41, 5.74) is 3.92. The Kier molecular flexibility index (Phi) is 3.01. The van der Waals surface area contributed by atoms with Gasteiger partial charge in [0.05, 0.1) is 11.9 Å². The molecule has 13 heavy (non-hydrogen) atoms. The summed E-state index contributed by atoms with van der Waals surface area (Å²) in [7, 11) is 0. The Balaban J connectivity index is 2.49. The van der Waals surface area contributed by atoms with Crippen LogP contribution in [0.25, 0.3) is 0 Å². The Hall–Kier alpha value is -1.38. The first-order valence-electron chi connectivity index (χ1n) is 4.28. The van der Waals surface area contributed by atoms with Crippen LogP contribution >= 0.6 is 0 Å². The maximum absolute atomic E-state index is 4.10. The van der Waals surface area contributed by atoms with Crippen LogP contribution in [0.15, 0.2) is 29.6 Å². The first-order valence-corrected chi connectivity index (χ1v) is 4.28. The van der Waals surface area contributed by atoms with Gasteiger partial charge in [-0.1, -0.05) is 20.8 Å². The van der Waals surface area contributed by atoms with E-state index in [1.54, 1.807) is 12.4 Å². The van der Waals surface area contributed by atoms with E-state index in [-0.39, 0.29) is 5.41 Å². The van der Waals surface area contributed by atoms with Crippen molar-refractivity contribution >= 4 is 11.9 Å². The van der Waals surface area contributed by atoms with E-state index < -0.39 is 0 Å². The Morgan fingerprint density at radius 3 is 2.77 bits per heavy atom. The van der Waals surface area contributed by atoms with Gasteiger partial charge in [-0.2, -0.15) is 5.10 Å². The number of nitrogens with one attached hydrogen (secondary N) is 1. The second kappa shape index (κ2) is 4.03. The third-order valence-corrected chi connectivity index (χ3v) is 1.31. The highest BCUT2D eigenvalue weighted by Gasteiger charge is 2.04. The van der Waals surface area contributed by atoms with E-state index in [2.05, 4.69) is 36.3 Å². The molecule has 0 radical (unpaired) electrons. The highest BCUT2D eigenvalue weighted by molar-refractivity contribution is 5.65. The summed E-state index contributed by atoms with van der Waals surface area (Å²) in [6.07, 6.45) is 5.35. The van der Waals surface area contributed by atoms with Crippen LogP contribution in [0.4, 0.5) is 5.69 Å². The minimum atomic E-state index is 0.106. The van der Waals surface area contributed by atoms with Crippen LogP contribution in [0.1, 0.15) is 20.8 Å². The van der Waals surface area contributed by atoms with Crippen LogP contribution in [0.3, 0.4) is 0 Å². The van der Waals surface area contributed by atoms with Crippen LogP contribution in [0.5, 0.6) is 0 Å². The molecule has 0 aliphatic carbocycles. The molecular weight excluding hydrogens is 162 g/mol. The minimum Gasteiger partial charge on any atom is -0.277 e. The molecule has 3 heteroatoms. The number of hydrogen-bond acceptors (Lipinski definition) is 3. The molecule has 1 aromatic heterocycles. The molecule has 1 rings (SSSR count). The van der Waals surface area contributed by atoms with Crippen molar-refractivity contribution in [1.29, 1.82) is 0 Å². The molecule has 0 aliphatic rings. The minimum absolute atomic E-state index is 0.106. The van der Waals surface area contributed by atoms with E-state index in [1.165, 1.54) is 0 Å². The molecule has 0 aromatic carbocycles. The average Bonchev–Trinajstić information content (AvgIpc) is 2.04. The SMILES string of the molecule is CC(C)(C)/C=N/Nc1cccnc1. The van der Waals surface area contributed by atoms with Gasteiger partial charge in [-0.15, -0.1) is 0 Å². The van der Waals surface area contributed by atoms with Crippen molar-refractivity contribution in [2.24, 2.45) is 10.5 Å². The first-order chi connectivity index (χ1) is 6.08. The van der Waals surface area contributed by atoms with Gasteiger partial charge in [0.15, 0.2) is 0 Å². The van der Waals surface area contributed by atoms with E-state index >= 15 is 0 Å². The third-order valence-electron chi connectivity index (χ3n) is 1.31. The molecule has 0 unspecified atom stereocenters. The lowest BCUT2D eigenvalue weighted by molar-refractivity contribution is 0.606. The summed E-state index contributed by atoms with van der Waals surface area (Å²) in [6, 6.07) is 3.79. The zero-order valence-corrected chi connectivity index (χ0v) is 8.28. The standard InChI is InChI=1S/C10H15N3/c1-10(2,3)8-12-13-9-5-4-6-11-7-9/h4-8,13H,1-3H3/b12-8+. The van der Waals surface area contributed by atoms with E-state index in [1.807, 2.05) is 18.3 Å². The third kappa shape index (κ3) is 4.25. The van der Waals surface area contributed by atoms with E-state index in [4.69, 9.17) is 0 Å². The van der Waals surface area contributed by atoms with Crippen LogP contribution in [-0.4, -0.2) is 11.2 Å². The maximum atomic E-state index is 4.10. The molecule has 1 aromatic rings. The quantitative estimate of drug-likeness (QED) is 0.556. The normalized spacial score (nSPS) is 11.9.